The van der Waals surface area contributed by atoms with Crippen LogP contribution in [0.2, 0.25) is 0 Å². The van der Waals surface area contributed by atoms with Crippen molar-refractivity contribution in [2.45, 2.75) is 11.3 Å². The topological polar surface area (TPSA) is 37.4 Å². The minimum absolute atomic E-state index is 0.365. The van der Waals surface area contributed by atoms with E-state index in [-0.39, 0.29) is 4.90 Å². The fraction of sp³-hybridized carbons (Fsp3) is 0.333. The van der Waals surface area contributed by atoms with Crippen molar-refractivity contribution < 1.29 is 17.2 Å². The van der Waals surface area contributed by atoms with Crippen LogP contribution in [0.5, 0.6) is 0 Å². The molecule has 0 N–H and O–H groups in total. The first-order valence-corrected chi connectivity index (χ1v) is 6.50. The summed E-state index contributed by atoms with van der Waals surface area (Å²) < 4.78 is 50.2. The first-order chi connectivity index (χ1) is 7.26. The molecule has 0 amide bonds. The molecule has 16 heavy (non-hydrogen) atoms. The number of halogens is 3. The van der Waals surface area contributed by atoms with Crippen LogP contribution in [0.25, 0.3) is 0 Å². The molecule has 0 bridgehead atoms. The van der Waals surface area contributed by atoms with Crippen LogP contribution in [0.4, 0.5) is 8.78 Å². The maximum Gasteiger partial charge on any atom is 0.265 e. The number of sulfonamides is 1. The zero-order valence-electron chi connectivity index (χ0n) is 8.62. The molecule has 1 rings (SSSR count). The highest BCUT2D eigenvalue weighted by atomic mass is 79.9. The number of benzene rings is 1. The van der Waals surface area contributed by atoms with Gasteiger partial charge < -0.3 is 0 Å². The van der Waals surface area contributed by atoms with E-state index in [2.05, 4.69) is 15.9 Å². The second-order valence-corrected chi connectivity index (χ2v) is 6.31. The Labute approximate surface area is 101 Å². The molecule has 3 nitrogen and oxygen atoms in total. The lowest BCUT2D eigenvalue weighted by atomic mass is 10.2. The SMILES string of the molecule is CN(C)S(=O)(=O)c1ccc(Br)cc1C(F)F. The van der Waals surface area contributed by atoms with Crippen molar-refractivity contribution in [2.24, 2.45) is 0 Å². The summed E-state index contributed by atoms with van der Waals surface area (Å²) in [6.45, 7) is 0. The van der Waals surface area contributed by atoms with E-state index in [1.54, 1.807) is 0 Å². The summed E-state index contributed by atoms with van der Waals surface area (Å²) >= 11 is 3.03. The highest BCUT2D eigenvalue weighted by molar-refractivity contribution is 9.10. The molecule has 90 valence electrons. The number of hydrogen-bond donors (Lipinski definition) is 0. The van der Waals surface area contributed by atoms with Gasteiger partial charge in [0.05, 0.1) is 4.90 Å². The molecular formula is C9H10BrF2NO2S. The molecule has 0 saturated carbocycles. The number of rotatable bonds is 3. The Hall–Kier alpha value is -0.530. The van der Waals surface area contributed by atoms with E-state index in [0.29, 0.717) is 4.47 Å². The molecule has 0 aliphatic heterocycles. The lowest BCUT2D eigenvalue weighted by molar-refractivity contribution is 0.147. The van der Waals surface area contributed by atoms with Crippen molar-refractivity contribution in [1.29, 1.82) is 0 Å². The van der Waals surface area contributed by atoms with E-state index >= 15 is 0 Å². The first kappa shape index (κ1) is 13.5. The predicted molar refractivity (Wildman–Crippen MR) is 60.0 cm³/mol. The van der Waals surface area contributed by atoms with Crippen LogP contribution in [-0.2, 0) is 10.0 Å². The molecule has 7 heteroatoms. The van der Waals surface area contributed by atoms with Crippen molar-refractivity contribution in [3.8, 4) is 0 Å². The lowest BCUT2D eigenvalue weighted by Crippen LogP contribution is -2.23. The van der Waals surface area contributed by atoms with Gasteiger partial charge in [0.1, 0.15) is 0 Å². The Morgan fingerprint density at radius 1 is 1.31 bits per heavy atom. The summed E-state index contributed by atoms with van der Waals surface area (Å²) in [7, 11) is -1.24. The number of alkyl halides is 2. The summed E-state index contributed by atoms with van der Waals surface area (Å²) in [5, 5.41) is 0. The van der Waals surface area contributed by atoms with E-state index in [1.165, 1.54) is 26.2 Å². The Kier molecular flexibility index (Phi) is 4.03. The molecule has 0 aromatic heterocycles. The third kappa shape index (κ3) is 2.58. The Bertz CT molecular complexity index is 488. The van der Waals surface area contributed by atoms with E-state index in [1.807, 2.05) is 0 Å². The van der Waals surface area contributed by atoms with E-state index in [0.717, 1.165) is 10.4 Å². The fourth-order valence-corrected chi connectivity index (χ4v) is 2.58. The summed E-state index contributed by atoms with van der Waals surface area (Å²) in [5.74, 6) is 0. The monoisotopic (exact) mass is 313 g/mol. The molecule has 0 saturated heterocycles. The molecule has 0 aliphatic carbocycles. The van der Waals surface area contributed by atoms with Crippen molar-refractivity contribution in [3.63, 3.8) is 0 Å². The van der Waals surface area contributed by atoms with E-state index < -0.39 is 22.0 Å². The highest BCUT2D eigenvalue weighted by Gasteiger charge is 2.25. The quantitative estimate of drug-likeness (QED) is 0.860. The third-order valence-electron chi connectivity index (χ3n) is 1.97. The highest BCUT2D eigenvalue weighted by Crippen LogP contribution is 2.30. The summed E-state index contributed by atoms with van der Waals surface area (Å²) in [4.78, 5) is -0.365. The maximum atomic E-state index is 12.7. The van der Waals surface area contributed by atoms with Crippen LogP contribution in [0.15, 0.2) is 27.6 Å². The first-order valence-electron chi connectivity index (χ1n) is 4.27. The van der Waals surface area contributed by atoms with Crippen LogP contribution in [0.1, 0.15) is 12.0 Å². The maximum absolute atomic E-state index is 12.7. The molecular weight excluding hydrogens is 304 g/mol. The molecule has 1 aromatic rings. The van der Waals surface area contributed by atoms with Gasteiger partial charge in [0.2, 0.25) is 10.0 Å². The van der Waals surface area contributed by atoms with E-state index in [9.17, 15) is 17.2 Å². The van der Waals surface area contributed by atoms with Gasteiger partial charge in [0.15, 0.2) is 0 Å². The largest absolute Gasteiger partial charge is 0.265 e. The molecule has 1 aromatic carbocycles. The standard InChI is InChI=1S/C9H10BrF2NO2S/c1-13(2)16(14,15)8-4-3-6(10)5-7(8)9(11)12/h3-5,9H,1-2H3. The molecule has 0 spiro atoms. The van der Waals surface area contributed by atoms with Gasteiger partial charge in [0, 0.05) is 24.1 Å². The van der Waals surface area contributed by atoms with Crippen molar-refractivity contribution in [3.05, 3.63) is 28.2 Å². The average molecular weight is 314 g/mol. The lowest BCUT2D eigenvalue weighted by Gasteiger charge is -2.14. The van der Waals surface area contributed by atoms with Crippen LogP contribution in [-0.4, -0.2) is 26.8 Å². The molecule has 0 fully saturated rings. The smallest absolute Gasteiger partial charge is 0.207 e. The molecule has 0 heterocycles. The minimum Gasteiger partial charge on any atom is -0.207 e. The average Bonchev–Trinajstić information content (AvgIpc) is 2.16. The van der Waals surface area contributed by atoms with Gasteiger partial charge in [-0.25, -0.2) is 21.5 Å². The third-order valence-corrected chi connectivity index (χ3v) is 4.35. The van der Waals surface area contributed by atoms with Gasteiger partial charge in [-0.15, -0.1) is 0 Å². The predicted octanol–water partition coefficient (Wildman–Crippen LogP) is 2.64. The van der Waals surface area contributed by atoms with Gasteiger partial charge >= 0.3 is 0 Å². The minimum atomic E-state index is -3.84. The van der Waals surface area contributed by atoms with Crippen LogP contribution in [0, 0.1) is 0 Å². The fourth-order valence-electron chi connectivity index (χ4n) is 1.12. The normalized spacial score (nSPS) is 12.4. The Morgan fingerprint density at radius 2 is 1.88 bits per heavy atom. The summed E-state index contributed by atoms with van der Waals surface area (Å²) in [6, 6.07) is 3.70. The van der Waals surface area contributed by atoms with Crippen LogP contribution < -0.4 is 0 Å². The van der Waals surface area contributed by atoms with Gasteiger partial charge in [-0.05, 0) is 18.2 Å². The van der Waals surface area contributed by atoms with Crippen molar-refractivity contribution >= 4 is 26.0 Å². The summed E-state index contributed by atoms with van der Waals surface area (Å²) in [5.41, 5.74) is -0.497. The van der Waals surface area contributed by atoms with Crippen molar-refractivity contribution in [1.82, 2.24) is 4.31 Å². The van der Waals surface area contributed by atoms with Gasteiger partial charge in [0.25, 0.3) is 6.43 Å². The second kappa shape index (κ2) is 4.77. The zero-order chi connectivity index (χ0) is 12.5. The van der Waals surface area contributed by atoms with Crippen molar-refractivity contribution in [2.75, 3.05) is 14.1 Å². The number of nitrogens with zero attached hydrogens (tertiary/aromatic N) is 1. The van der Waals surface area contributed by atoms with Gasteiger partial charge in [-0.1, -0.05) is 15.9 Å². The molecule has 0 unspecified atom stereocenters. The molecule has 0 radical (unpaired) electrons. The van der Waals surface area contributed by atoms with Crippen LogP contribution in [0.3, 0.4) is 0 Å². The molecule has 0 atom stereocenters. The van der Waals surface area contributed by atoms with Gasteiger partial charge in [-0.2, -0.15) is 0 Å². The van der Waals surface area contributed by atoms with Crippen LogP contribution >= 0.6 is 15.9 Å². The summed E-state index contributed by atoms with van der Waals surface area (Å²) in [6.07, 6.45) is -2.83. The molecule has 0 aliphatic rings. The van der Waals surface area contributed by atoms with Gasteiger partial charge in [-0.3, -0.25) is 0 Å². The second-order valence-electron chi connectivity index (χ2n) is 3.27. The number of hydrogen-bond acceptors (Lipinski definition) is 2. The Morgan fingerprint density at radius 3 is 2.31 bits per heavy atom. The zero-order valence-corrected chi connectivity index (χ0v) is 11.0. The Balaban J connectivity index is 3.46. The van der Waals surface area contributed by atoms with E-state index in [4.69, 9.17) is 0 Å².